The van der Waals surface area contributed by atoms with Crippen LogP contribution >= 0.6 is 22.9 Å². The molecular weight excluding hydrogens is 210 g/mol. The summed E-state index contributed by atoms with van der Waals surface area (Å²) in [7, 11) is 0. The van der Waals surface area contributed by atoms with E-state index in [1.807, 2.05) is 0 Å². The molecule has 0 amide bonds. The molecule has 0 aliphatic rings. The molecule has 1 aromatic rings. The molecule has 1 aromatic heterocycles. The topological polar surface area (TPSA) is 52.3 Å². The molecule has 0 radical (unpaired) electrons. The lowest BCUT2D eigenvalue weighted by atomic mass is 10.2. The fraction of sp³-hybridized carbons (Fsp3) is 0.375. The Kier molecular flexibility index (Phi) is 3.17. The van der Waals surface area contributed by atoms with Gasteiger partial charge in [0.25, 0.3) is 0 Å². The number of nitrogens with two attached hydrogens (primary N) is 1. The highest BCUT2D eigenvalue weighted by Crippen LogP contribution is 2.34. The molecule has 13 heavy (non-hydrogen) atoms. The molecule has 0 spiro atoms. The molecule has 0 fully saturated rings. The number of rotatable bonds is 2. The predicted octanol–water partition coefficient (Wildman–Crippen LogP) is 2.47. The van der Waals surface area contributed by atoms with Gasteiger partial charge in [0.1, 0.15) is 5.00 Å². The Labute approximate surface area is 85.4 Å². The van der Waals surface area contributed by atoms with E-state index in [1.54, 1.807) is 13.8 Å². The van der Waals surface area contributed by atoms with Crippen molar-refractivity contribution in [2.45, 2.75) is 13.8 Å². The summed E-state index contributed by atoms with van der Waals surface area (Å²) >= 11 is 7.00. The van der Waals surface area contributed by atoms with Gasteiger partial charge in [-0.3, -0.25) is 0 Å². The molecule has 2 N–H and O–H groups in total. The van der Waals surface area contributed by atoms with Crippen LogP contribution in [-0.2, 0) is 4.74 Å². The second kappa shape index (κ2) is 3.98. The summed E-state index contributed by atoms with van der Waals surface area (Å²) in [6.07, 6.45) is 0. The fourth-order valence-corrected chi connectivity index (χ4v) is 2.09. The lowest BCUT2D eigenvalue weighted by molar-refractivity contribution is 0.0527. The van der Waals surface area contributed by atoms with Crippen molar-refractivity contribution in [3.63, 3.8) is 0 Å². The molecule has 0 atom stereocenters. The summed E-state index contributed by atoms with van der Waals surface area (Å²) < 4.78 is 5.37. The first kappa shape index (κ1) is 10.3. The van der Waals surface area contributed by atoms with E-state index in [1.165, 1.54) is 11.3 Å². The predicted molar refractivity (Wildman–Crippen MR) is 54.4 cm³/mol. The summed E-state index contributed by atoms with van der Waals surface area (Å²) in [4.78, 5) is 11.3. The molecule has 0 aliphatic heterocycles. The minimum absolute atomic E-state index is 0.338. The number of nitrogen functional groups attached to an aromatic ring is 1. The standard InChI is InChI=1S/C8H10ClNO2S/c1-3-12-8(11)5-4(2)6(9)13-7(5)10/h3,10H2,1-2H3. The maximum Gasteiger partial charge on any atom is 0.341 e. The first-order chi connectivity index (χ1) is 6.07. The molecule has 72 valence electrons. The summed E-state index contributed by atoms with van der Waals surface area (Å²) in [5, 5.41) is 0.418. The number of hydrogen-bond acceptors (Lipinski definition) is 4. The third kappa shape index (κ3) is 1.95. The van der Waals surface area contributed by atoms with Crippen LogP contribution in [-0.4, -0.2) is 12.6 Å². The van der Waals surface area contributed by atoms with Crippen molar-refractivity contribution in [1.29, 1.82) is 0 Å². The van der Waals surface area contributed by atoms with Crippen molar-refractivity contribution < 1.29 is 9.53 Å². The number of halogens is 1. The minimum atomic E-state index is -0.402. The minimum Gasteiger partial charge on any atom is -0.462 e. The van der Waals surface area contributed by atoms with Crippen LogP contribution in [0.15, 0.2) is 0 Å². The number of thiophene rings is 1. The second-order valence-corrected chi connectivity index (χ2v) is 4.11. The zero-order valence-electron chi connectivity index (χ0n) is 7.39. The van der Waals surface area contributed by atoms with Crippen LogP contribution in [0.25, 0.3) is 0 Å². The SMILES string of the molecule is CCOC(=O)c1c(N)sc(Cl)c1C. The molecule has 1 heterocycles. The van der Waals surface area contributed by atoms with Crippen LogP contribution in [0, 0.1) is 6.92 Å². The summed E-state index contributed by atoms with van der Waals surface area (Å²) in [6.45, 7) is 3.84. The van der Waals surface area contributed by atoms with Crippen molar-refractivity contribution in [2.24, 2.45) is 0 Å². The Morgan fingerprint density at radius 2 is 2.31 bits per heavy atom. The van der Waals surface area contributed by atoms with Crippen molar-refractivity contribution >= 4 is 33.9 Å². The van der Waals surface area contributed by atoms with E-state index >= 15 is 0 Å². The highest BCUT2D eigenvalue weighted by atomic mass is 35.5. The Morgan fingerprint density at radius 3 is 2.69 bits per heavy atom. The van der Waals surface area contributed by atoms with Crippen LogP contribution in [0.2, 0.25) is 4.34 Å². The lowest BCUT2D eigenvalue weighted by Crippen LogP contribution is -2.07. The average molecular weight is 220 g/mol. The van der Waals surface area contributed by atoms with E-state index in [2.05, 4.69) is 0 Å². The van der Waals surface area contributed by atoms with Gasteiger partial charge in [-0.15, -0.1) is 11.3 Å². The van der Waals surface area contributed by atoms with Gasteiger partial charge < -0.3 is 10.5 Å². The van der Waals surface area contributed by atoms with Gasteiger partial charge in [0.05, 0.1) is 16.5 Å². The van der Waals surface area contributed by atoms with Crippen LogP contribution in [0.1, 0.15) is 22.8 Å². The number of ether oxygens (including phenoxy) is 1. The number of hydrogen-bond donors (Lipinski definition) is 1. The highest BCUT2D eigenvalue weighted by Gasteiger charge is 2.19. The van der Waals surface area contributed by atoms with Crippen LogP contribution < -0.4 is 5.73 Å². The van der Waals surface area contributed by atoms with Gasteiger partial charge in [0.2, 0.25) is 0 Å². The third-order valence-corrected chi connectivity index (χ3v) is 3.02. The van der Waals surface area contributed by atoms with Gasteiger partial charge in [0.15, 0.2) is 0 Å². The normalized spacial score (nSPS) is 10.1. The van der Waals surface area contributed by atoms with Gasteiger partial charge in [-0.2, -0.15) is 0 Å². The van der Waals surface area contributed by atoms with E-state index in [0.29, 0.717) is 27.1 Å². The molecule has 0 bridgehead atoms. The number of anilines is 1. The number of carbonyl (C=O) groups is 1. The Morgan fingerprint density at radius 1 is 1.69 bits per heavy atom. The van der Waals surface area contributed by atoms with E-state index in [0.717, 1.165) is 0 Å². The van der Waals surface area contributed by atoms with E-state index in [4.69, 9.17) is 22.1 Å². The molecule has 0 saturated carbocycles. The third-order valence-electron chi connectivity index (χ3n) is 1.60. The smallest absolute Gasteiger partial charge is 0.341 e. The molecule has 0 unspecified atom stereocenters. The first-order valence-electron chi connectivity index (χ1n) is 3.79. The summed E-state index contributed by atoms with van der Waals surface area (Å²) in [5.41, 5.74) is 6.70. The van der Waals surface area contributed by atoms with Crippen molar-refractivity contribution in [3.8, 4) is 0 Å². The molecular formula is C8H10ClNO2S. The average Bonchev–Trinajstić information content (AvgIpc) is 2.27. The van der Waals surface area contributed by atoms with Gasteiger partial charge in [-0.25, -0.2) is 4.79 Å². The zero-order chi connectivity index (χ0) is 10.0. The van der Waals surface area contributed by atoms with Gasteiger partial charge in [0, 0.05) is 0 Å². The quantitative estimate of drug-likeness (QED) is 0.778. The monoisotopic (exact) mass is 219 g/mol. The Bertz CT molecular complexity index is 335. The zero-order valence-corrected chi connectivity index (χ0v) is 8.96. The molecule has 5 heteroatoms. The van der Waals surface area contributed by atoms with E-state index in [9.17, 15) is 4.79 Å². The van der Waals surface area contributed by atoms with Gasteiger partial charge in [-0.1, -0.05) is 11.6 Å². The molecule has 0 aromatic carbocycles. The molecule has 3 nitrogen and oxygen atoms in total. The van der Waals surface area contributed by atoms with Gasteiger partial charge >= 0.3 is 5.97 Å². The van der Waals surface area contributed by atoms with Crippen LogP contribution in [0.5, 0.6) is 0 Å². The lowest BCUT2D eigenvalue weighted by Gasteiger charge is -2.01. The maximum absolute atomic E-state index is 11.3. The van der Waals surface area contributed by atoms with E-state index < -0.39 is 5.97 Å². The maximum atomic E-state index is 11.3. The Balaban J connectivity index is 3.06. The molecule has 0 saturated heterocycles. The van der Waals surface area contributed by atoms with Crippen molar-refractivity contribution in [1.82, 2.24) is 0 Å². The highest BCUT2D eigenvalue weighted by molar-refractivity contribution is 7.20. The number of carbonyl (C=O) groups excluding carboxylic acids is 1. The molecule has 0 aliphatic carbocycles. The van der Waals surface area contributed by atoms with E-state index in [-0.39, 0.29) is 0 Å². The number of esters is 1. The fourth-order valence-electron chi connectivity index (χ4n) is 0.964. The summed E-state index contributed by atoms with van der Waals surface area (Å²) in [6, 6.07) is 0. The van der Waals surface area contributed by atoms with Crippen LogP contribution in [0.3, 0.4) is 0 Å². The largest absolute Gasteiger partial charge is 0.462 e. The summed E-state index contributed by atoms with van der Waals surface area (Å²) in [5.74, 6) is -0.402. The van der Waals surface area contributed by atoms with Crippen LogP contribution in [0.4, 0.5) is 5.00 Å². The first-order valence-corrected chi connectivity index (χ1v) is 4.98. The van der Waals surface area contributed by atoms with Crippen molar-refractivity contribution in [2.75, 3.05) is 12.3 Å². The Hall–Kier alpha value is -0.740. The van der Waals surface area contributed by atoms with Crippen molar-refractivity contribution in [3.05, 3.63) is 15.5 Å². The second-order valence-electron chi connectivity index (χ2n) is 2.46. The van der Waals surface area contributed by atoms with Gasteiger partial charge in [-0.05, 0) is 19.4 Å². The molecule has 1 rings (SSSR count).